The Labute approximate surface area is 62.0 Å². The summed E-state index contributed by atoms with van der Waals surface area (Å²) in [6.07, 6.45) is -6.47. The maximum absolute atomic E-state index is 11.8. The van der Waals surface area contributed by atoms with Gasteiger partial charge in [0.1, 0.15) is 6.08 Å². The van der Waals surface area contributed by atoms with E-state index in [0.717, 1.165) is 0 Å². The summed E-state index contributed by atoms with van der Waals surface area (Å²) in [5.41, 5.74) is 0. The fraction of sp³-hybridized carbons (Fsp3) is 0.200. The van der Waals surface area contributed by atoms with Gasteiger partial charge in [0.2, 0.25) is 5.83 Å². The van der Waals surface area contributed by atoms with Crippen LogP contribution in [0.1, 0.15) is 0 Å². The van der Waals surface area contributed by atoms with E-state index in [-0.39, 0.29) is 6.08 Å². The summed E-state index contributed by atoms with van der Waals surface area (Å²) < 4.78 is 79.5. The van der Waals surface area contributed by atoms with Crippen molar-refractivity contribution in [2.75, 3.05) is 0 Å². The van der Waals surface area contributed by atoms with Crippen LogP contribution in [-0.4, -0.2) is 5.92 Å². The zero-order valence-electron chi connectivity index (χ0n) is 5.15. The predicted molar refractivity (Wildman–Crippen MR) is 24.3 cm³/mol. The van der Waals surface area contributed by atoms with E-state index in [1.54, 1.807) is 0 Å². The van der Waals surface area contributed by atoms with Crippen molar-refractivity contribution in [3.8, 4) is 0 Å². The highest BCUT2D eigenvalue weighted by atomic mass is 19.3. The molecule has 7 heteroatoms. The van der Waals surface area contributed by atoms with Crippen LogP contribution in [0.4, 0.5) is 30.7 Å². The van der Waals surface area contributed by atoms with Gasteiger partial charge in [0.05, 0.1) is 0 Å². The molecule has 0 heterocycles. The Morgan fingerprint density at radius 1 is 0.917 bits per heavy atom. The molecule has 0 saturated carbocycles. The van der Waals surface area contributed by atoms with Crippen LogP contribution in [0.2, 0.25) is 0 Å². The first-order chi connectivity index (χ1) is 5.27. The molecule has 0 aromatic rings. The molecule has 0 rings (SSSR count). The minimum Gasteiger partial charge on any atom is -0.199 e. The molecule has 0 aliphatic carbocycles. The molecule has 1 radical (unpaired) electrons. The topological polar surface area (TPSA) is 0 Å². The first-order valence-electron chi connectivity index (χ1n) is 2.32. The Hall–Kier alpha value is -1.01. The van der Waals surface area contributed by atoms with E-state index >= 15 is 0 Å². The van der Waals surface area contributed by atoms with Crippen LogP contribution in [-0.2, 0) is 0 Å². The predicted octanol–water partition coefficient (Wildman–Crippen LogP) is 3.28. The molecule has 0 aromatic carbocycles. The first kappa shape index (κ1) is 11.0. The second-order valence-corrected chi connectivity index (χ2v) is 1.53. The van der Waals surface area contributed by atoms with Gasteiger partial charge in [-0.1, -0.05) is 0 Å². The molecule has 0 aliphatic rings. The molecule has 0 amide bonds. The average molecular weight is 193 g/mol. The summed E-state index contributed by atoms with van der Waals surface area (Å²) in [4.78, 5) is 0. The molecule has 12 heavy (non-hydrogen) atoms. The van der Waals surface area contributed by atoms with Crippen molar-refractivity contribution in [3.63, 3.8) is 0 Å². The summed E-state index contributed by atoms with van der Waals surface area (Å²) in [5.74, 6) is -8.30. The molecule has 0 fully saturated rings. The highest BCUT2D eigenvalue weighted by Crippen LogP contribution is 2.31. The second-order valence-electron chi connectivity index (χ2n) is 1.53. The normalized spacial score (nSPS) is 10.9. The molecule has 0 bridgehead atoms. The van der Waals surface area contributed by atoms with Crippen LogP contribution in [0.25, 0.3) is 0 Å². The molecular formula is C5F7. The summed E-state index contributed by atoms with van der Waals surface area (Å²) in [6, 6.07) is 0. The van der Waals surface area contributed by atoms with Gasteiger partial charge < -0.3 is 0 Å². The van der Waals surface area contributed by atoms with Gasteiger partial charge in [0.15, 0.2) is 0 Å². The Morgan fingerprint density at radius 3 is 1.58 bits per heavy atom. The van der Waals surface area contributed by atoms with Crippen LogP contribution in [0, 0.1) is 6.08 Å². The van der Waals surface area contributed by atoms with Crippen LogP contribution in [0.5, 0.6) is 0 Å². The summed E-state index contributed by atoms with van der Waals surface area (Å²) >= 11 is 0. The van der Waals surface area contributed by atoms with E-state index in [1.807, 2.05) is 0 Å². The van der Waals surface area contributed by atoms with Crippen LogP contribution >= 0.6 is 0 Å². The Bertz CT molecular complexity index is 218. The van der Waals surface area contributed by atoms with E-state index in [4.69, 9.17) is 0 Å². The van der Waals surface area contributed by atoms with E-state index in [1.165, 1.54) is 0 Å². The van der Waals surface area contributed by atoms with Crippen LogP contribution in [0.15, 0.2) is 18.0 Å². The van der Waals surface area contributed by atoms with Crippen molar-refractivity contribution in [3.05, 3.63) is 24.1 Å². The van der Waals surface area contributed by atoms with Gasteiger partial charge in [-0.05, 0) is 0 Å². The van der Waals surface area contributed by atoms with Gasteiger partial charge in [-0.15, -0.1) is 0 Å². The molecule has 0 spiro atoms. The molecule has 0 nitrogen and oxygen atoms in total. The third-order valence-electron chi connectivity index (χ3n) is 0.693. The number of hydrogen-bond acceptors (Lipinski definition) is 0. The summed E-state index contributed by atoms with van der Waals surface area (Å²) in [5, 5.41) is 0. The smallest absolute Gasteiger partial charge is 0.199 e. The minimum absolute atomic E-state index is 0.0627. The molecule has 0 unspecified atom stereocenters. The van der Waals surface area contributed by atoms with Crippen molar-refractivity contribution in [2.24, 2.45) is 0 Å². The molecule has 0 aliphatic heterocycles. The quantitative estimate of drug-likeness (QED) is 0.590. The van der Waals surface area contributed by atoms with Gasteiger partial charge in [0.25, 0.3) is 6.08 Å². The number of allylic oxidation sites excluding steroid dienone is 2. The highest BCUT2D eigenvalue weighted by molar-refractivity contribution is 5.10. The Balaban J connectivity index is 4.87. The molecule has 0 N–H and O–H groups in total. The Morgan fingerprint density at radius 2 is 1.33 bits per heavy atom. The second kappa shape index (κ2) is 3.59. The number of hydrogen-bond donors (Lipinski definition) is 0. The van der Waals surface area contributed by atoms with Gasteiger partial charge in [-0.25, -0.2) is 0 Å². The molecule has 0 aromatic heterocycles. The zero-order chi connectivity index (χ0) is 9.94. The number of rotatable bonds is 2. The summed E-state index contributed by atoms with van der Waals surface area (Å²) in [6.45, 7) is 0. The molecule has 0 saturated heterocycles. The van der Waals surface area contributed by atoms with E-state index in [2.05, 4.69) is 0 Å². The third kappa shape index (κ3) is 2.93. The lowest BCUT2D eigenvalue weighted by Gasteiger charge is -2.05. The van der Waals surface area contributed by atoms with Crippen molar-refractivity contribution in [1.82, 2.24) is 0 Å². The van der Waals surface area contributed by atoms with E-state index in [9.17, 15) is 30.7 Å². The number of halogens is 7. The van der Waals surface area contributed by atoms with Crippen molar-refractivity contribution >= 4 is 0 Å². The minimum atomic E-state index is -5.07. The monoisotopic (exact) mass is 193 g/mol. The standard InChI is InChI=1S/C5F7/c6-2(7)1-5(11,12)3(8)4(9)10. The van der Waals surface area contributed by atoms with E-state index < -0.39 is 23.9 Å². The fourth-order valence-electron chi connectivity index (χ4n) is 0.292. The lowest BCUT2D eigenvalue weighted by Crippen LogP contribution is -2.14. The lowest BCUT2D eigenvalue weighted by molar-refractivity contribution is 0.0481. The van der Waals surface area contributed by atoms with Crippen LogP contribution < -0.4 is 0 Å². The Kier molecular flexibility index (Phi) is 3.29. The maximum atomic E-state index is 11.8. The van der Waals surface area contributed by atoms with Crippen LogP contribution in [0.3, 0.4) is 0 Å². The van der Waals surface area contributed by atoms with Crippen molar-refractivity contribution in [1.29, 1.82) is 0 Å². The largest absolute Gasteiger partial charge is 0.335 e. The maximum Gasteiger partial charge on any atom is 0.335 e. The van der Waals surface area contributed by atoms with Gasteiger partial charge >= 0.3 is 12.0 Å². The molecule has 0 atom stereocenters. The highest BCUT2D eigenvalue weighted by Gasteiger charge is 2.38. The van der Waals surface area contributed by atoms with Gasteiger partial charge in [0, 0.05) is 0 Å². The number of alkyl halides is 2. The van der Waals surface area contributed by atoms with E-state index in [0.29, 0.717) is 0 Å². The van der Waals surface area contributed by atoms with Gasteiger partial charge in [-0.2, -0.15) is 30.7 Å². The SMILES string of the molecule is FC(F)=[C]C(F)(F)C(F)=C(F)F. The first-order valence-corrected chi connectivity index (χ1v) is 2.32. The fourth-order valence-corrected chi connectivity index (χ4v) is 0.292. The van der Waals surface area contributed by atoms with Crippen molar-refractivity contribution in [2.45, 2.75) is 5.92 Å². The molecular weight excluding hydrogens is 193 g/mol. The average Bonchev–Trinajstić information content (AvgIpc) is 1.82. The van der Waals surface area contributed by atoms with Gasteiger partial charge in [-0.3, -0.25) is 0 Å². The van der Waals surface area contributed by atoms with Crippen molar-refractivity contribution < 1.29 is 30.7 Å². The molecule has 69 valence electrons. The summed E-state index contributed by atoms with van der Waals surface area (Å²) in [7, 11) is 0. The lowest BCUT2D eigenvalue weighted by atomic mass is 10.3. The zero-order valence-corrected chi connectivity index (χ0v) is 5.15. The third-order valence-corrected chi connectivity index (χ3v) is 0.693.